The highest BCUT2D eigenvalue weighted by atomic mass is 16.5. The first-order valence-electron chi connectivity index (χ1n) is 13.6. The van der Waals surface area contributed by atoms with E-state index in [2.05, 4.69) is 62.1 Å². The van der Waals surface area contributed by atoms with E-state index in [-0.39, 0.29) is 0 Å². The number of aliphatic hydroxyl groups is 2. The monoisotopic (exact) mass is 467 g/mol. The molecular weight excluding hydrogens is 422 g/mol. The van der Waals surface area contributed by atoms with Gasteiger partial charge in [-0.05, 0) is 84.4 Å². The second kappa shape index (κ2) is 11.4. The number of aliphatic hydroxyl groups excluding tert-OH is 1. The predicted octanol–water partition coefficient (Wildman–Crippen LogP) is 6.66. The molecule has 0 bridgehead atoms. The maximum Gasteiger partial charge on any atom is 0.152 e. The molecule has 34 heavy (non-hydrogen) atoms. The Morgan fingerprint density at radius 3 is 2.24 bits per heavy atom. The molecule has 4 heteroatoms. The Kier molecular flexibility index (Phi) is 8.55. The summed E-state index contributed by atoms with van der Waals surface area (Å²) in [6.45, 7) is 8.68. The number of hydrogen-bond donors (Lipinski definition) is 2. The highest BCUT2D eigenvalue weighted by molar-refractivity contribution is 5.84. The summed E-state index contributed by atoms with van der Waals surface area (Å²) >= 11 is 0. The van der Waals surface area contributed by atoms with Crippen molar-refractivity contribution in [2.45, 2.75) is 110 Å². The Balaban J connectivity index is 1.39. The third-order valence-corrected chi connectivity index (χ3v) is 8.23. The number of fused-ring (bicyclic) bond motifs is 1. The zero-order valence-electron chi connectivity index (χ0n) is 21.5. The predicted molar refractivity (Wildman–Crippen MR) is 140 cm³/mol. The molecule has 2 aromatic rings. The Labute approximate surface area is 206 Å². The van der Waals surface area contributed by atoms with Gasteiger partial charge in [-0.1, -0.05) is 58.2 Å². The average molecular weight is 468 g/mol. The molecule has 0 heterocycles. The molecule has 2 N–H and O–H groups in total. The molecule has 0 unspecified atom stereocenters. The third kappa shape index (κ3) is 6.96. The van der Waals surface area contributed by atoms with Crippen LogP contribution in [0.3, 0.4) is 0 Å². The summed E-state index contributed by atoms with van der Waals surface area (Å²) in [5.41, 5.74) is 1.69. The first-order chi connectivity index (χ1) is 16.3. The molecule has 2 aliphatic rings. The van der Waals surface area contributed by atoms with E-state index >= 15 is 0 Å². The van der Waals surface area contributed by atoms with Crippen molar-refractivity contribution in [1.29, 1.82) is 0 Å². The molecule has 0 saturated heterocycles. The zero-order valence-corrected chi connectivity index (χ0v) is 21.5. The Morgan fingerprint density at radius 1 is 0.882 bits per heavy atom. The lowest BCUT2D eigenvalue weighted by molar-refractivity contribution is -0.0537. The maximum atomic E-state index is 9.42. The fourth-order valence-corrected chi connectivity index (χ4v) is 6.04. The number of nitrogens with zero attached hydrogens (tertiary/aromatic N) is 1. The zero-order chi connectivity index (χ0) is 24.1. The molecule has 0 atom stereocenters. The molecule has 0 aromatic heterocycles. The molecule has 4 rings (SSSR count). The molecule has 2 aromatic carbocycles. The van der Waals surface area contributed by atoms with Crippen LogP contribution in [0.5, 0.6) is 5.75 Å². The van der Waals surface area contributed by atoms with Crippen molar-refractivity contribution in [1.82, 2.24) is 4.90 Å². The number of hydrogen-bond acceptors (Lipinski definition) is 4. The van der Waals surface area contributed by atoms with E-state index in [0.717, 1.165) is 37.6 Å². The van der Waals surface area contributed by atoms with Crippen LogP contribution in [-0.4, -0.2) is 40.1 Å². The number of rotatable bonds is 8. The molecule has 188 valence electrons. The van der Waals surface area contributed by atoms with Crippen LogP contribution in [0.2, 0.25) is 0 Å². The van der Waals surface area contributed by atoms with Gasteiger partial charge < -0.3 is 14.9 Å². The van der Waals surface area contributed by atoms with Gasteiger partial charge in [-0.3, -0.25) is 4.90 Å². The van der Waals surface area contributed by atoms with Crippen molar-refractivity contribution in [2.24, 2.45) is 11.3 Å². The Bertz CT molecular complexity index is 905. The molecule has 2 aliphatic carbocycles. The molecule has 0 radical (unpaired) electrons. The Morgan fingerprint density at radius 2 is 1.56 bits per heavy atom. The van der Waals surface area contributed by atoms with Crippen LogP contribution < -0.4 is 4.74 Å². The molecule has 0 aliphatic heterocycles. The van der Waals surface area contributed by atoms with Crippen molar-refractivity contribution in [3.8, 4) is 5.75 Å². The van der Waals surface area contributed by atoms with Crippen molar-refractivity contribution in [2.75, 3.05) is 6.54 Å². The average Bonchev–Trinajstić information content (AvgIpc) is 2.82. The van der Waals surface area contributed by atoms with Crippen LogP contribution in [0.1, 0.15) is 90.5 Å². The topological polar surface area (TPSA) is 52.9 Å². The van der Waals surface area contributed by atoms with E-state index in [4.69, 9.17) is 4.74 Å². The summed E-state index contributed by atoms with van der Waals surface area (Å²) in [5, 5.41) is 21.3. The number of benzene rings is 2. The molecule has 0 amide bonds. The van der Waals surface area contributed by atoms with Gasteiger partial charge in [0.25, 0.3) is 0 Å². The highest BCUT2D eigenvalue weighted by Crippen LogP contribution is 2.39. The fraction of sp³-hybridized carbons (Fsp3) is 0.667. The van der Waals surface area contributed by atoms with Gasteiger partial charge >= 0.3 is 0 Å². The van der Waals surface area contributed by atoms with Crippen molar-refractivity contribution in [3.63, 3.8) is 0 Å². The van der Waals surface area contributed by atoms with Gasteiger partial charge in [0.1, 0.15) is 5.75 Å². The molecule has 2 fully saturated rings. The van der Waals surface area contributed by atoms with E-state index in [9.17, 15) is 10.2 Å². The van der Waals surface area contributed by atoms with E-state index < -0.39 is 6.29 Å². The van der Waals surface area contributed by atoms with Crippen LogP contribution >= 0.6 is 0 Å². The van der Waals surface area contributed by atoms with Crippen molar-refractivity contribution < 1.29 is 14.9 Å². The largest absolute Gasteiger partial charge is 0.490 e. The maximum absolute atomic E-state index is 9.42. The fourth-order valence-electron chi connectivity index (χ4n) is 6.04. The lowest BCUT2D eigenvalue weighted by atomic mass is 9.72. The van der Waals surface area contributed by atoms with E-state index in [1.807, 2.05) is 0 Å². The van der Waals surface area contributed by atoms with Crippen molar-refractivity contribution >= 4 is 10.8 Å². The first-order valence-corrected chi connectivity index (χ1v) is 13.6. The van der Waals surface area contributed by atoms with E-state index in [1.54, 1.807) is 0 Å². The van der Waals surface area contributed by atoms with Gasteiger partial charge in [0.15, 0.2) is 6.29 Å². The standard InChI is InChI=1S/C30H45NO3/c1-30(2,3)25-12-15-27(16-13-25)34-28-14-11-23-19-22(9-10-24(23)20-28)21-31(18-17-29(32)33)26-7-5-4-6-8-26/h9-11,14,19-20,25-27,29,32-33H,4-8,12-13,15-18,21H2,1-3H3. The summed E-state index contributed by atoms with van der Waals surface area (Å²) in [7, 11) is 0. The van der Waals surface area contributed by atoms with Gasteiger partial charge in [-0.15, -0.1) is 0 Å². The summed E-state index contributed by atoms with van der Waals surface area (Å²) in [5.74, 6) is 1.79. The van der Waals surface area contributed by atoms with Crippen LogP contribution in [-0.2, 0) is 6.54 Å². The third-order valence-electron chi connectivity index (χ3n) is 8.23. The Hall–Kier alpha value is -1.62. The van der Waals surface area contributed by atoms with Gasteiger partial charge in [0.05, 0.1) is 6.10 Å². The van der Waals surface area contributed by atoms with Gasteiger partial charge in [0.2, 0.25) is 0 Å². The summed E-state index contributed by atoms with van der Waals surface area (Å²) < 4.78 is 6.40. The minimum absolute atomic E-state index is 0.334. The second-order valence-corrected chi connectivity index (χ2v) is 11.8. The highest BCUT2D eigenvalue weighted by Gasteiger charge is 2.30. The number of ether oxygens (including phenoxy) is 1. The van der Waals surface area contributed by atoms with Gasteiger partial charge in [0, 0.05) is 25.6 Å². The lowest BCUT2D eigenvalue weighted by Crippen LogP contribution is -2.38. The smallest absolute Gasteiger partial charge is 0.152 e. The van der Waals surface area contributed by atoms with Crippen LogP contribution in [0.4, 0.5) is 0 Å². The quantitative estimate of drug-likeness (QED) is 0.426. The second-order valence-electron chi connectivity index (χ2n) is 11.8. The van der Waals surface area contributed by atoms with Crippen molar-refractivity contribution in [3.05, 3.63) is 42.0 Å². The minimum atomic E-state index is -1.23. The minimum Gasteiger partial charge on any atom is -0.490 e. The summed E-state index contributed by atoms with van der Waals surface area (Å²) in [6.07, 6.45) is 10.6. The first kappa shape index (κ1) is 25.5. The molecule has 0 spiro atoms. The van der Waals surface area contributed by atoms with Crippen LogP contribution in [0.25, 0.3) is 10.8 Å². The van der Waals surface area contributed by atoms with E-state index in [1.165, 1.54) is 61.3 Å². The lowest BCUT2D eigenvalue weighted by Gasteiger charge is -2.37. The molecular formula is C30H45NO3. The normalized spacial score (nSPS) is 22.6. The molecule has 2 saturated carbocycles. The summed E-state index contributed by atoms with van der Waals surface area (Å²) in [6, 6.07) is 13.8. The van der Waals surface area contributed by atoms with E-state index in [0.29, 0.717) is 24.0 Å². The van der Waals surface area contributed by atoms with Crippen LogP contribution in [0.15, 0.2) is 36.4 Å². The SMILES string of the molecule is CC(C)(C)C1CCC(Oc2ccc3cc(CN(CCC(O)O)C4CCCCC4)ccc3c2)CC1. The van der Waals surface area contributed by atoms with Gasteiger partial charge in [-0.25, -0.2) is 0 Å². The van der Waals surface area contributed by atoms with Crippen LogP contribution in [0, 0.1) is 11.3 Å². The molecule has 4 nitrogen and oxygen atoms in total. The van der Waals surface area contributed by atoms with Gasteiger partial charge in [-0.2, -0.15) is 0 Å². The summed E-state index contributed by atoms with van der Waals surface area (Å²) in [4.78, 5) is 2.46.